The van der Waals surface area contributed by atoms with Crippen molar-refractivity contribution in [3.8, 4) is 67.4 Å². The number of hydrogen-bond acceptors (Lipinski definition) is 4. The van der Waals surface area contributed by atoms with Crippen molar-refractivity contribution in [2.24, 2.45) is 0 Å². The van der Waals surface area contributed by atoms with Crippen LogP contribution in [0.25, 0.3) is 72.4 Å². The van der Waals surface area contributed by atoms with Crippen molar-refractivity contribution >= 4 is 16.5 Å². The minimum Gasteiger partial charge on any atom is -0.455 e. The lowest BCUT2D eigenvalue weighted by molar-refractivity contribution is 0.439. The standard InChI is InChI=1S/C56H37N3O/c1-3-15-38(16-4-1)51-35-52(59-55(58-51)39-17-5-2-6-18-39)45-23-12-28-49-54(45)60-53-41(37-32-30-36(31-33-37)40-21-13-29-50-44(40)24-14-34-57-50)22-11-27-48(53)56(49)46-25-9-7-19-42(46)43-20-8-10-26-47(43)56/h1,3-5,7-35H,2,6H2. The van der Waals surface area contributed by atoms with Gasteiger partial charge in [-0.1, -0.05) is 170 Å². The van der Waals surface area contributed by atoms with Gasteiger partial charge in [0.2, 0.25) is 0 Å². The molecule has 4 heteroatoms. The van der Waals surface area contributed by atoms with Crippen LogP contribution < -0.4 is 4.74 Å². The predicted octanol–water partition coefficient (Wildman–Crippen LogP) is 13.9. The van der Waals surface area contributed by atoms with E-state index in [2.05, 4.69) is 187 Å². The van der Waals surface area contributed by atoms with Gasteiger partial charge in [0.1, 0.15) is 11.5 Å². The number of pyridine rings is 1. The first kappa shape index (κ1) is 34.4. The van der Waals surface area contributed by atoms with E-state index in [1.165, 1.54) is 22.3 Å². The summed E-state index contributed by atoms with van der Waals surface area (Å²) < 4.78 is 7.47. The normalized spacial score (nSPS) is 14.2. The summed E-state index contributed by atoms with van der Waals surface area (Å²) in [6.07, 6.45) is 10.4. The fraction of sp³-hybridized carbons (Fsp3) is 0.0536. The molecule has 0 radical (unpaired) electrons. The van der Waals surface area contributed by atoms with Crippen LogP contribution in [-0.4, -0.2) is 15.0 Å². The molecule has 7 aromatic carbocycles. The van der Waals surface area contributed by atoms with E-state index in [-0.39, 0.29) is 0 Å². The summed E-state index contributed by atoms with van der Waals surface area (Å²) in [7, 11) is 0. The molecular weight excluding hydrogens is 731 g/mol. The number of aromatic nitrogens is 3. The second kappa shape index (κ2) is 13.7. The van der Waals surface area contributed by atoms with Crippen LogP contribution in [-0.2, 0) is 5.41 Å². The number of ether oxygens (including phenoxy) is 1. The van der Waals surface area contributed by atoms with Crippen LogP contribution in [0.3, 0.4) is 0 Å². The average molecular weight is 768 g/mol. The average Bonchev–Trinajstić information content (AvgIpc) is 3.62. The van der Waals surface area contributed by atoms with Crippen LogP contribution in [0.2, 0.25) is 0 Å². The summed E-state index contributed by atoms with van der Waals surface area (Å²) in [5.41, 5.74) is 16.6. The van der Waals surface area contributed by atoms with E-state index in [1.54, 1.807) is 0 Å². The number of hydrogen-bond donors (Lipinski definition) is 0. The van der Waals surface area contributed by atoms with Gasteiger partial charge < -0.3 is 4.74 Å². The summed E-state index contributed by atoms with van der Waals surface area (Å²) in [5, 5.41) is 1.14. The topological polar surface area (TPSA) is 47.9 Å². The van der Waals surface area contributed by atoms with Gasteiger partial charge in [-0.25, -0.2) is 9.97 Å². The fourth-order valence-corrected chi connectivity index (χ4v) is 9.81. The number of para-hydroxylation sites is 2. The summed E-state index contributed by atoms with van der Waals surface area (Å²) in [5.74, 6) is 2.37. The Hall–Kier alpha value is -7.69. The molecule has 1 spiro atoms. The molecule has 0 fully saturated rings. The Bertz CT molecular complexity index is 3180. The van der Waals surface area contributed by atoms with Gasteiger partial charge in [0.25, 0.3) is 0 Å². The minimum absolute atomic E-state index is 0.648. The SMILES string of the molecule is C1=CC(c2nc(-c3ccccc3)cc(-c3cccc4c3Oc3c(-c5ccc(-c6cccc7ncccc67)cc5)cccc3C43c4ccccc4-c4ccccc43)n2)=CCC1. The number of nitrogens with zero attached hydrogens (tertiary/aromatic N) is 3. The van der Waals surface area contributed by atoms with Gasteiger partial charge in [-0.15, -0.1) is 0 Å². The summed E-state index contributed by atoms with van der Waals surface area (Å²) >= 11 is 0. The van der Waals surface area contributed by atoms with E-state index < -0.39 is 5.41 Å². The fourth-order valence-electron chi connectivity index (χ4n) is 9.81. The summed E-state index contributed by atoms with van der Waals surface area (Å²) in [6, 6.07) is 62.9. The van der Waals surface area contributed by atoms with Gasteiger partial charge in [-0.05, 0) is 76.1 Å². The van der Waals surface area contributed by atoms with Crippen molar-refractivity contribution in [3.05, 3.63) is 228 Å². The molecule has 0 bridgehead atoms. The van der Waals surface area contributed by atoms with Gasteiger partial charge in [0.15, 0.2) is 5.82 Å². The molecule has 282 valence electrons. The van der Waals surface area contributed by atoms with E-state index in [0.717, 1.165) is 96.7 Å². The van der Waals surface area contributed by atoms with Crippen molar-refractivity contribution in [1.29, 1.82) is 0 Å². The van der Waals surface area contributed by atoms with E-state index >= 15 is 0 Å². The Morgan fingerprint density at radius 2 is 1.05 bits per heavy atom. The maximum Gasteiger partial charge on any atom is 0.160 e. The zero-order chi connectivity index (χ0) is 39.6. The summed E-state index contributed by atoms with van der Waals surface area (Å²) in [4.78, 5) is 15.1. The number of rotatable bonds is 5. The second-order valence-electron chi connectivity index (χ2n) is 15.7. The number of allylic oxidation sites excluding steroid dienone is 4. The Labute approximate surface area is 348 Å². The molecule has 12 rings (SSSR count). The van der Waals surface area contributed by atoms with Crippen LogP contribution in [0.1, 0.15) is 40.9 Å². The van der Waals surface area contributed by atoms with Gasteiger partial charge in [-0.3, -0.25) is 4.98 Å². The van der Waals surface area contributed by atoms with Crippen LogP contribution >= 0.6 is 0 Å². The highest BCUT2D eigenvalue weighted by Crippen LogP contribution is 2.64. The smallest absolute Gasteiger partial charge is 0.160 e. The molecule has 3 aliphatic rings. The zero-order valence-corrected chi connectivity index (χ0v) is 32.7. The highest BCUT2D eigenvalue weighted by atomic mass is 16.5. The molecule has 9 aromatic rings. The van der Waals surface area contributed by atoms with Crippen LogP contribution in [0.5, 0.6) is 11.5 Å². The molecule has 2 aliphatic carbocycles. The first-order valence-electron chi connectivity index (χ1n) is 20.7. The van der Waals surface area contributed by atoms with Crippen molar-refractivity contribution in [3.63, 3.8) is 0 Å². The molecule has 0 saturated heterocycles. The van der Waals surface area contributed by atoms with Gasteiger partial charge in [0.05, 0.1) is 22.3 Å². The summed E-state index contributed by atoms with van der Waals surface area (Å²) in [6.45, 7) is 0. The highest BCUT2D eigenvalue weighted by molar-refractivity contribution is 5.96. The largest absolute Gasteiger partial charge is 0.455 e. The molecular formula is C56H37N3O. The quantitative estimate of drug-likeness (QED) is 0.175. The lowest BCUT2D eigenvalue weighted by atomic mass is 9.65. The number of benzene rings is 7. The molecule has 0 unspecified atom stereocenters. The Morgan fingerprint density at radius 1 is 0.450 bits per heavy atom. The first-order chi connectivity index (χ1) is 29.8. The van der Waals surface area contributed by atoms with Crippen LogP contribution in [0.15, 0.2) is 200 Å². The maximum atomic E-state index is 7.47. The maximum absolute atomic E-state index is 7.47. The van der Waals surface area contributed by atoms with E-state index in [4.69, 9.17) is 14.7 Å². The number of fused-ring (bicyclic) bond motifs is 10. The monoisotopic (exact) mass is 767 g/mol. The highest BCUT2D eigenvalue weighted by Gasteiger charge is 2.52. The van der Waals surface area contributed by atoms with Gasteiger partial charge in [0, 0.05) is 45.0 Å². The van der Waals surface area contributed by atoms with E-state index in [1.807, 2.05) is 18.3 Å². The zero-order valence-electron chi connectivity index (χ0n) is 32.7. The molecule has 0 N–H and O–H groups in total. The molecule has 4 nitrogen and oxygen atoms in total. The molecule has 0 amide bonds. The third-order valence-electron chi connectivity index (χ3n) is 12.5. The van der Waals surface area contributed by atoms with Gasteiger partial charge in [-0.2, -0.15) is 0 Å². The lowest BCUT2D eigenvalue weighted by Crippen LogP contribution is -2.32. The molecule has 0 saturated carbocycles. The van der Waals surface area contributed by atoms with Crippen molar-refractivity contribution < 1.29 is 4.74 Å². The third-order valence-corrected chi connectivity index (χ3v) is 12.5. The third kappa shape index (κ3) is 5.20. The molecule has 0 atom stereocenters. The van der Waals surface area contributed by atoms with Crippen LogP contribution in [0, 0.1) is 0 Å². The Balaban J connectivity index is 1.10. The van der Waals surface area contributed by atoms with Crippen LogP contribution in [0.4, 0.5) is 0 Å². The molecule has 60 heavy (non-hydrogen) atoms. The van der Waals surface area contributed by atoms with Crippen molar-refractivity contribution in [1.82, 2.24) is 15.0 Å². The molecule has 3 heterocycles. The van der Waals surface area contributed by atoms with Crippen molar-refractivity contribution in [2.75, 3.05) is 0 Å². The second-order valence-corrected chi connectivity index (χ2v) is 15.7. The van der Waals surface area contributed by atoms with E-state index in [0.29, 0.717) is 5.82 Å². The minimum atomic E-state index is -0.648. The lowest BCUT2D eigenvalue weighted by Gasteiger charge is -2.40. The van der Waals surface area contributed by atoms with E-state index in [9.17, 15) is 0 Å². The Kier molecular flexibility index (Phi) is 7.85. The Morgan fingerprint density at radius 3 is 1.78 bits per heavy atom. The first-order valence-corrected chi connectivity index (χ1v) is 20.7. The predicted molar refractivity (Wildman–Crippen MR) is 243 cm³/mol. The van der Waals surface area contributed by atoms with Gasteiger partial charge >= 0.3 is 0 Å². The molecule has 2 aromatic heterocycles. The molecule has 1 aliphatic heterocycles. The van der Waals surface area contributed by atoms with Crippen molar-refractivity contribution in [2.45, 2.75) is 18.3 Å².